The van der Waals surface area contributed by atoms with Crippen molar-refractivity contribution >= 4 is 33.4 Å². The SMILES string of the molecule is CNCC[C@@H](Oc1cccc(-n2nc3c(N(C)C)nnc(C)c3c2C)c1)c1cccnc1.CNCC[C@H](Oc1cccc(-n2nc3c(N(C)C)nnc(C)c3c2C)c1)c1cccnc1. The van der Waals surface area contributed by atoms with Crippen LogP contribution in [0.15, 0.2) is 97.6 Å². The molecule has 0 aliphatic heterocycles. The molecule has 6 aromatic heterocycles. The largest absolute Gasteiger partial charge is 0.486 e. The number of nitrogens with one attached hydrogen (secondary N) is 2. The molecule has 0 radical (unpaired) electrons. The number of rotatable bonds is 16. The van der Waals surface area contributed by atoms with E-state index in [4.69, 9.17) is 19.7 Å². The van der Waals surface area contributed by atoms with Crippen LogP contribution >= 0.6 is 0 Å². The van der Waals surface area contributed by atoms with E-state index in [-0.39, 0.29) is 12.2 Å². The lowest BCUT2D eigenvalue weighted by molar-refractivity contribution is 0.194. The Labute approximate surface area is 374 Å². The standard InChI is InChI=1S/2C24H29N7O/c2*1-16-22-17(2)31(29-23(22)24(28-27-16)30(4)5)19-9-6-10-20(14-19)32-21(11-13-25-3)18-8-7-12-26-15-18/h2*6-10,12,14-15,21,25H,11,13H2,1-5H3/t2*21-/m10/s1. The molecule has 332 valence electrons. The van der Waals surface area contributed by atoms with Gasteiger partial charge in [0.25, 0.3) is 0 Å². The Hall–Kier alpha value is -7.04. The highest BCUT2D eigenvalue weighted by atomic mass is 16.5. The number of fused-ring (bicyclic) bond motifs is 2. The zero-order valence-electron chi connectivity index (χ0n) is 38.4. The Morgan fingerprint density at radius 3 is 1.34 bits per heavy atom. The molecular formula is C48H58N14O2. The van der Waals surface area contributed by atoms with Gasteiger partial charge in [0.1, 0.15) is 34.7 Å². The third-order valence-corrected chi connectivity index (χ3v) is 10.9. The second-order valence-electron chi connectivity index (χ2n) is 16.0. The summed E-state index contributed by atoms with van der Waals surface area (Å²) in [7, 11) is 11.7. The number of pyridine rings is 2. The summed E-state index contributed by atoms with van der Waals surface area (Å²) < 4.78 is 16.7. The van der Waals surface area contributed by atoms with E-state index < -0.39 is 0 Å². The number of ether oxygens (including phenoxy) is 2. The minimum atomic E-state index is -0.0971. The lowest BCUT2D eigenvalue weighted by Gasteiger charge is -2.20. The van der Waals surface area contributed by atoms with Crippen molar-refractivity contribution in [2.45, 2.75) is 52.7 Å². The van der Waals surface area contributed by atoms with E-state index in [2.05, 4.69) is 54.8 Å². The van der Waals surface area contributed by atoms with Crippen LogP contribution in [0.25, 0.3) is 33.2 Å². The van der Waals surface area contributed by atoms with Crippen LogP contribution in [-0.4, -0.2) is 105 Å². The molecule has 2 atom stereocenters. The lowest BCUT2D eigenvalue weighted by atomic mass is 10.1. The van der Waals surface area contributed by atoms with Crippen LogP contribution in [-0.2, 0) is 0 Å². The molecule has 0 aliphatic carbocycles. The second kappa shape index (κ2) is 20.4. The number of hydrogen-bond acceptors (Lipinski definition) is 14. The maximum atomic E-state index is 6.41. The Morgan fingerprint density at radius 1 is 0.562 bits per heavy atom. The van der Waals surface area contributed by atoms with Gasteiger partial charge in [-0.3, -0.25) is 9.97 Å². The third-order valence-electron chi connectivity index (χ3n) is 10.9. The van der Waals surface area contributed by atoms with E-state index >= 15 is 0 Å². The van der Waals surface area contributed by atoms with Gasteiger partial charge in [-0.05, 0) is 91.3 Å². The van der Waals surface area contributed by atoms with Crippen molar-refractivity contribution < 1.29 is 9.47 Å². The van der Waals surface area contributed by atoms with Crippen molar-refractivity contribution in [2.24, 2.45) is 0 Å². The molecule has 0 aliphatic rings. The van der Waals surface area contributed by atoms with Crippen LogP contribution in [0, 0.1) is 27.7 Å². The van der Waals surface area contributed by atoms with Gasteiger partial charge in [0, 0.05) is 89.1 Å². The molecule has 0 saturated heterocycles. The highest BCUT2D eigenvalue weighted by Crippen LogP contribution is 2.33. The minimum Gasteiger partial charge on any atom is -0.486 e. The first-order chi connectivity index (χ1) is 31.0. The van der Waals surface area contributed by atoms with E-state index in [0.29, 0.717) is 0 Å². The fraction of sp³-hybridized carbons (Fsp3) is 0.333. The number of aromatic nitrogens is 10. The van der Waals surface area contributed by atoms with E-state index in [9.17, 15) is 0 Å². The average molecular weight is 863 g/mol. The summed E-state index contributed by atoms with van der Waals surface area (Å²) in [6.45, 7) is 9.73. The van der Waals surface area contributed by atoms with Gasteiger partial charge in [0.2, 0.25) is 0 Å². The third kappa shape index (κ3) is 9.93. The maximum absolute atomic E-state index is 6.41. The van der Waals surface area contributed by atoms with E-state index in [1.54, 1.807) is 12.4 Å². The van der Waals surface area contributed by atoms with Crippen LogP contribution in [0.2, 0.25) is 0 Å². The summed E-state index contributed by atoms with van der Waals surface area (Å²) >= 11 is 0. The summed E-state index contributed by atoms with van der Waals surface area (Å²) in [5.41, 5.74) is 9.42. The molecule has 16 nitrogen and oxygen atoms in total. The van der Waals surface area contributed by atoms with E-state index in [1.165, 1.54) is 0 Å². The maximum Gasteiger partial charge on any atom is 0.179 e. The summed E-state index contributed by atoms with van der Waals surface area (Å²) in [4.78, 5) is 12.4. The fourth-order valence-corrected chi connectivity index (χ4v) is 7.71. The smallest absolute Gasteiger partial charge is 0.179 e. The van der Waals surface area contributed by atoms with Crippen LogP contribution < -0.4 is 29.9 Å². The van der Waals surface area contributed by atoms with E-state index in [1.807, 2.05) is 160 Å². The molecule has 0 spiro atoms. The van der Waals surface area contributed by atoms with Gasteiger partial charge in [0.05, 0.1) is 44.9 Å². The van der Waals surface area contributed by atoms with Gasteiger partial charge >= 0.3 is 0 Å². The van der Waals surface area contributed by atoms with Gasteiger partial charge in [0.15, 0.2) is 11.6 Å². The van der Waals surface area contributed by atoms with Gasteiger partial charge in [-0.1, -0.05) is 24.3 Å². The van der Waals surface area contributed by atoms with Crippen molar-refractivity contribution in [3.8, 4) is 22.9 Å². The first-order valence-corrected chi connectivity index (χ1v) is 21.4. The molecule has 64 heavy (non-hydrogen) atoms. The number of nitrogens with zero attached hydrogens (tertiary/aromatic N) is 12. The van der Waals surface area contributed by atoms with Crippen molar-refractivity contribution in [1.82, 2.24) is 60.6 Å². The summed E-state index contributed by atoms with van der Waals surface area (Å²) in [5, 5.41) is 35.6. The summed E-state index contributed by atoms with van der Waals surface area (Å²) in [5.74, 6) is 3.08. The average Bonchev–Trinajstić information content (AvgIpc) is 3.85. The molecule has 0 unspecified atom stereocenters. The molecular weight excluding hydrogens is 805 g/mol. The lowest BCUT2D eigenvalue weighted by Crippen LogP contribution is -2.16. The Kier molecular flexibility index (Phi) is 14.4. The van der Waals surface area contributed by atoms with Crippen LogP contribution in [0.1, 0.15) is 59.0 Å². The number of hydrogen-bond donors (Lipinski definition) is 2. The number of benzene rings is 2. The van der Waals surface area contributed by atoms with Crippen molar-refractivity contribution in [1.29, 1.82) is 0 Å². The van der Waals surface area contributed by atoms with Gasteiger partial charge in [-0.15, -0.1) is 10.2 Å². The highest BCUT2D eigenvalue weighted by molar-refractivity contribution is 5.93. The molecule has 6 heterocycles. The monoisotopic (exact) mass is 862 g/mol. The molecule has 0 fully saturated rings. The molecule has 0 saturated carbocycles. The Bertz CT molecular complexity index is 2600. The van der Waals surface area contributed by atoms with Gasteiger partial charge < -0.3 is 29.9 Å². The van der Waals surface area contributed by atoms with Crippen molar-refractivity contribution in [3.63, 3.8) is 0 Å². The van der Waals surface area contributed by atoms with Gasteiger partial charge in [-0.25, -0.2) is 9.36 Å². The molecule has 2 N–H and O–H groups in total. The number of anilines is 2. The predicted molar refractivity (Wildman–Crippen MR) is 253 cm³/mol. The number of aryl methyl sites for hydroxylation is 4. The first kappa shape index (κ1) is 45.0. The first-order valence-electron chi connectivity index (χ1n) is 21.4. The molecule has 8 aromatic rings. The fourth-order valence-electron chi connectivity index (χ4n) is 7.71. The topological polar surface area (TPSA) is 162 Å². The van der Waals surface area contributed by atoms with Gasteiger partial charge in [-0.2, -0.15) is 20.4 Å². The molecule has 2 aromatic carbocycles. The summed E-state index contributed by atoms with van der Waals surface area (Å²) in [6, 6.07) is 24.0. The molecule has 0 amide bonds. The van der Waals surface area contributed by atoms with Crippen molar-refractivity contribution in [2.75, 3.05) is 65.2 Å². The zero-order valence-corrected chi connectivity index (χ0v) is 38.4. The minimum absolute atomic E-state index is 0.0971. The Balaban J connectivity index is 0.000000191. The zero-order chi connectivity index (χ0) is 45.3. The van der Waals surface area contributed by atoms with Crippen LogP contribution in [0.4, 0.5) is 11.6 Å². The Morgan fingerprint density at radius 2 is 0.984 bits per heavy atom. The van der Waals surface area contributed by atoms with Crippen LogP contribution in [0.3, 0.4) is 0 Å². The molecule has 16 heteroatoms. The van der Waals surface area contributed by atoms with Crippen LogP contribution in [0.5, 0.6) is 11.5 Å². The molecule has 0 bridgehead atoms. The van der Waals surface area contributed by atoms with Crippen molar-refractivity contribution in [3.05, 3.63) is 131 Å². The predicted octanol–water partition coefficient (Wildman–Crippen LogP) is 7.25. The highest BCUT2D eigenvalue weighted by Gasteiger charge is 2.21. The van der Waals surface area contributed by atoms with E-state index in [0.717, 1.165) is 116 Å². The quantitative estimate of drug-likeness (QED) is 0.1000. The normalized spacial score (nSPS) is 12.2. The second-order valence-corrected chi connectivity index (χ2v) is 16.0. The molecule has 8 rings (SSSR count). The summed E-state index contributed by atoms with van der Waals surface area (Å²) in [6.07, 6.45) is 8.75.